The molecule has 3 aromatic rings. The quantitative estimate of drug-likeness (QED) is 0.559. The average molecular weight is 465 g/mol. The summed E-state index contributed by atoms with van der Waals surface area (Å²) in [6, 6.07) is 21.8. The Morgan fingerprint density at radius 2 is 1.67 bits per heavy atom. The van der Waals surface area contributed by atoms with E-state index in [4.69, 9.17) is 4.74 Å². The largest absolute Gasteiger partial charge is 0.452 e. The lowest BCUT2D eigenvalue weighted by atomic mass is 10.1. The van der Waals surface area contributed by atoms with E-state index >= 15 is 0 Å². The Morgan fingerprint density at radius 1 is 1.00 bits per heavy atom. The van der Waals surface area contributed by atoms with Gasteiger partial charge in [-0.2, -0.15) is 0 Å². The number of rotatable bonds is 6. The van der Waals surface area contributed by atoms with Gasteiger partial charge in [0.15, 0.2) is 6.61 Å². The lowest BCUT2D eigenvalue weighted by Gasteiger charge is -2.21. The number of benzene rings is 3. The van der Waals surface area contributed by atoms with Gasteiger partial charge in [-0.15, -0.1) is 0 Å². The molecule has 1 heterocycles. The zero-order valence-corrected chi connectivity index (χ0v) is 19.1. The first kappa shape index (κ1) is 22.5. The van der Waals surface area contributed by atoms with Crippen molar-refractivity contribution in [2.24, 2.45) is 0 Å². The first-order chi connectivity index (χ1) is 15.7. The lowest BCUT2D eigenvalue weighted by molar-refractivity contribution is -0.119. The summed E-state index contributed by atoms with van der Waals surface area (Å²) in [4.78, 5) is 24.7. The first-order valence-corrected chi connectivity index (χ1v) is 12.3. The number of ether oxygens (including phenoxy) is 1. The predicted molar refractivity (Wildman–Crippen MR) is 128 cm³/mol. The second-order valence-electron chi connectivity index (χ2n) is 8.02. The van der Waals surface area contributed by atoms with E-state index in [0.717, 1.165) is 22.9 Å². The Hall–Kier alpha value is -3.65. The molecule has 4 rings (SSSR count). The summed E-state index contributed by atoms with van der Waals surface area (Å²) in [6.07, 6.45) is 1.66. The van der Waals surface area contributed by atoms with Crippen molar-refractivity contribution in [1.29, 1.82) is 0 Å². The van der Waals surface area contributed by atoms with E-state index in [1.165, 1.54) is 10.4 Å². The minimum Gasteiger partial charge on any atom is -0.452 e. The van der Waals surface area contributed by atoms with Gasteiger partial charge in [0, 0.05) is 11.7 Å². The van der Waals surface area contributed by atoms with E-state index in [-0.39, 0.29) is 11.6 Å². The third kappa shape index (κ3) is 5.06. The molecule has 1 atom stereocenters. The van der Waals surface area contributed by atoms with Gasteiger partial charge in [0.05, 0.1) is 17.5 Å². The topological polar surface area (TPSA) is 92.8 Å². The maximum absolute atomic E-state index is 12.4. The van der Waals surface area contributed by atoms with Crippen LogP contribution in [0.2, 0.25) is 0 Å². The van der Waals surface area contributed by atoms with Crippen LogP contribution in [-0.2, 0) is 26.0 Å². The molecule has 0 fully saturated rings. The Kier molecular flexibility index (Phi) is 6.20. The van der Waals surface area contributed by atoms with Crippen LogP contribution in [0.4, 0.5) is 11.4 Å². The molecule has 3 aromatic carbocycles. The van der Waals surface area contributed by atoms with Crippen molar-refractivity contribution in [2.45, 2.75) is 19.4 Å². The molecule has 0 bridgehead atoms. The summed E-state index contributed by atoms with van der Waals surface area (Å²) in [5.74, 6) is -1.09. The highest BCUT2D eigenvalue weighted by Crippen LogP contribution is 2.34. The number of sulfonamides is 1. The van der Waals surface area contributed by atoms with Crippen molar-refractivity contribution in [1.82, 2.24) is 0 Å². The van der Waals surface area contributed by atoms with Crippen molar-refractivity contribution >= 4 is 33.3 Å². The van der Waals surface area contributed by atoms with Gasteiger partial charge in [0.2, 0.25) is 10.0 Å². The standard InChI is InChI=1S/C25H24N2O5S/c1-17-14-21-15-20(10-13-23(21)27(17)33(2,30)31)25(29)32-16-24(28)26-22-11-8-19(9-12-22)18-6-4-3-5-7-18/h3-13,15,17H,14,16H2,1-2H3,(H,26,28). The number of anilines is 2. The van der Waals surface area contributed by atoms with Gasteiger partial charge in [-0.1, -0.05) is 42.5 Å². The summed E-state index contributed by atoms with van der Waals surface area (Å²) in [7, 11) is -3.40. The summed E-state index contributed by atoms with van der Waals surface area (Å²) in [6.45, 7) is 1.39. The van der Waals surface area contributed by atoms with Gasteiger partial charge < -0.3 is 10.1 Å². The van der Waals surface area contributed by atoms with Crippen LogP contribution in [0.25, 0.3) is 11.1 Å². The Bertz CT molecular complexity index is 1290. The molecule has 7 nitrogen and oxygen atoms in total. The number of fused-ring (bicyclic) bond motifs is 1. The van der Waals surface area contributed by atoms with Crippen molar-refractivity contribution in [3.05, 3.63) is 83.9 Å². The number of esters is 1. The molecule has 0 aromatic heterocycles. The number of nitrogens with one attached hydrogen (secondary N) is 1. The highest BCUT2D eigenvalue weighted by atomic mass is 32.2. The van der Waals surface area contributed by atoms with Gasteiger partial charge in [0.25, 0.3) is 5.91 Å². The predicted octanol–water partition coefficient (Wildman–Crippen LogP) is 3.86. The molecule has 0 saturated carbocycles. The molecule has 1 N–H and O–H groups in total. The number of hydrogen-bond donors (Lipinski definition) is 1. The third-order valence-corrected chi connectivity index (χ3v) is 6.71. The summed E-state index contributed by atoms with van der Waals surface area (Å²) < 4.78 is 30.6. The van der Waals surface area contributed by atoms with E-state index in [1.54, 1.807) is 24.3 Å². The minimum absolute atomic E-state index is 0.222. The van der Waals surface area contributed by atoms with Crippen LogP contribution in [0.5, 0.6) is 0 Å². The normalized spacial score (nSPS) is 15.1. The molecule has 170 valence electrons. The van der Waals surface area contributed by atoms with E-state index in [9.17, 15) is 18.0 Å². The van der Waals surface area contributed by atoms with Crippen LogP contribution in [0.1, 0.15) is 22.8 Å². The maximum atomic E-state index is 12.4. The zero-order chi connectivity index (χ0) is 23.6. The number of amides is 1. The Balaban J connectivity index is 1.35. The molecule has 8 heteroatoms. The molecule has 1 aliphatic rings. The number of hydrogen-bond acceptors (Lipinski definition) is 5. The van der Waals surface area contributed by atoms with Gasteiger partial charge >= 0.3 is 5.97 Å². The minimum atomic E-state index is -3.40. The van der Waals surface area contributed by atoms with E-state index in [1.807, 2.05) is 49.4 Å². The lowest BCUT2D eigenvalue weighted by Crippen LogP contribution is -2.34. The van der Waals surface area contributed by atoms with Crippen molar-refractivity contribution < 1.29 is 22.7 Å². The fourth-order valence-corrected chi connectivity index (χ4v) is 5.29. The summed E-state index contributed by atoms with van der Waals surface area (Å²) in [5, 5.41) is 2.71. The zero-order valence-electron chi connectivity index (χ0n) is 18.3. The van der Waals surface area contributed by atoms with E-state index in [0.29, 0.717) is 17.8 Å². The molecule has 33 heavy (non-hydrogen) atoms. The maximum Gasteiger partial charge on any atom is 0.338 e. The smallest absolute Gasteiger partial charge is 0.338 e. The Labute approximate surface area is 193 Å². The molecule has 0 radical (unpaired) electrons. The van der Waals surface area contributed by atoms with Gasteiger partial charge in [-0.25, -0.2) is 13.2 Å². The van der Waals surface area contributed by atoms with E-state index in [2.05, 4.69) is 5.32 Å². The molecular weight excluding hydrogens is 440 g/mol. The Morgan fingerprint density at radius 3 is 2.33 bits per heavy atom. The fourth-order valence-electron chi connectivity index (χ4n) is 4.02. The van der Waals surface area contributed by atoms with Crippen molar-refractivity contribution in [2.75, 3.05) is 22.5 Å². The highest BCUT2D eigenvalue weighted by Gasteiger charge is 2.33. The number of nitrogens with zero attached hydrogens (tertiary/aromatic N) is 1. The average Bonchev–Trinajstić information content (AvgIpc) is 3.14. The van der Waals surface area contributed by atoms with Crippen LogP contribution >= 0.6 is 0 Å². The van der Waals surface area contributed by atoms with Crippen LogP contribution in [-0.4, -0.2) is 39.2 Å². The summed E-state index contributed by atoms with van der Waals surface area (Å²) >= 11 is 0. The van der Waals surface area contributed by atoms with Crippen LogP contribution in [0, 0.1) is 0 Å². The van der Waals surface area contributed by atoms with Crippen molar-refractivity contribution in [3.63, 3.8) is 0 Å². The van der Waals surface area contributed by atoms with Crippen LogP contribution in [0.15, 0.2) is 72.8 Å². The van der Waals surface area contributed by atoms with Gasteiger partial charge in [-0.3, -0.25) is 9.10 Å². The second kappa shape index (κ2) is 9.07. The van der Waals surface area contributed by atoms with E-state index < -0.39 is 28.5 Å². The molecule has 0 saturated heterocycles. The molecule has 1 unspecified atom stereocenters. The molecule has 0 spiro atoms. The molecule has 1 amide bonds. The number of carbonyl (C=O) groups excluding carboxylic acids is 2. The SMILES string of the molecule is CC1Cc2cc(C(=O)OCC(=O)Nc3ccc(-c4ccccc4)cc3)ccc2N1S(C)(=O)=O. The molecular formula is C25H24N2O5S. The van der Waals surface area contributed by atoms with Crippen LogP contribution < -0.4 is 9.62 Å². The van der Waals surface area contributed by atoms with Gasteiger partial charge in [-0.05, 0) is 60.4 Å². The highest BCUT2D eigenvalue weighted by molar-refractivity contribution is 7.92. The third-order valence-electron chi connectivity index (χ3n) is 5.44. The first-order valence-electron chi connectivity index (χ1n) is 10.5. The fraction of sp³-hybridized carbons (Fsp3) is 0.200. The number of carbonyl (C=O) groups is 2. The van der Waals surface area contributed by atoms with Crippen LogP contribution in [0.3, 0.4) is 0 Å². The summed E-state index contributed by atoms with van der Waals surface area (Å²) in [5.41, 5.74) is 4.30. The second-order valence-corrected chi connectivity index (χ2v) is 9.88. The molecule has 0 aliphatic carbocycles. The van der Waals surface area contributed by atoms with Gasteiger partial charge in [0.1, 0.15) is 0 Å². The molecule has 1 aliphatic heterocycles. The monoisotopic (exact) mass is 464 g/mol. The van der Waals surface area contributed by atoms with Crippen molar-refractivity contribution in [3.8, 4) is 11.1 Å².